The molecule has 9 nitrogen and oxygen atoms in total. The molecule has 4 aliphatic heterocycles. The molecule has 2 aromatic heterocycles. The van der Waals surface area contributed by atoms with Crippen molar-refractivity contribution >= 4 is 35.0 Å². The van der Waals surface area contributed by atoms with Crippen LogP contribution in [-0.4, -0.2) is 57.2 Å². The monoisotopic (exact) mass is 754 g/mol. The van der Waals surface area contributed by atoms with E-state index in [9.17, 15) is 19.2 Å². The Morgan fingerprint density at radius 1 is 0.545 bits per heavy atom. The van der Waals surface area contributed by atoms with Gasteiger partial charge in [0.15, 0.2) is 11.2 Å². The zero-order valence-corrected chi connectivity index (χ0v) is 28.1. The minimum atomic E-state index is -5.23. The summed E-state index contributed by atoms with van der Waals surface area (Å²) in [6.45, 7) is 0. The van der Waals surface area contributed by atoms with E-state index in [0.717, 1.165) is 9.80 Å². The van der Waals surface area contributed by atoms with Gasteiger partial charge in [-0.05, 0) is 107 Å². The molecule has 0 radical (unpaired) electrons. The zero-order chi connectivity index (χ0) is 37.9. The molecule has 10 atom stereocenters. The average molecular weight is 755 g/mol. The second kappa shape index (κ2) is 9.49. The summed E-state index contributed by atoms with van der Waals surface area (Å²) in [5, 5.41) is 0. The van der Waals surface area contributed by atoms with Crippen LogP contribution in [-0.2, 0) is 4.74 Å². The maximum Gasteiger partial charge on any atom is 0.418 e. The Morgan fingerprint density at radius 2 is 0.855 bits per heavy atom. The fourth-order valence-corrected chi connectivity index (χ4v) is 12.9. The highest BCUT2D eigenvalue weighted by atomic mass is 19.4. The van der Waals surface area contributed by atoms with Gasteiger partial charge in [0.05, 0.1) is 46.0 Å². The van der Waals surface area contributed by atoms with Gasteiger partial charge in [-0.2, -0.15) is 26.3 Å². The van der Waals surface area contributed by atoms with Gasteiger partial charge in [-0.1, -0.05) is 0 Å². The van der Waals surface area contributed by atoms with E-state index in [1.54, 1.807) is 0 Å². The number of imide groups is 2. The summed E-state index contributed by atoms with van der Waals surface area (Å²) in [6.07, 6.45) is -4.91. The number of benzene rings is 2. The Morgan fingerprint density at radius 3 is 1.11 bits per heavy atom. The molecule has 4 aliphatic carbocycles. The highest BCUT2D eigenvalue weighted by Crippen LogP contribution is 2.86. The Hall–Kier alpha value is -5.44. The van der Waals surface area contributed by atoms with Crippen molar-refractivity contribution in [1.29, 1.82) is 0 Å². The standard InChI is InChI=1S/C40H24F6N4O5/c41-39(42,43)37-29-21-11-22(18-8-26-25(7-17(18)21)33(51)49(34(26)52)15-3-1-5-47-13-15)30(29)38(55-37,40(44,45)46)32-24-12-23(31(32)37)19-9-27-28(10-20(19)24)36(54)50(35(27)53)16-4-2-6-48-14-16/h1-10,13-14,21-24,29-32H,11-12H2/t21-,22?,23+,24?,29?,30?,31?,32?,37?,38?. The molecule has 55 heavy (non-hydrogen) atoms. The number of pyridine rings is 2. The van der Waals surface area contributed by atoms with Crippen molar-refractivity contribution in [1.82, 2.24) is 9.97 Å². The van der Waals surface area contributed by atoms with Crippen LogP contribution in [0.5, 0.6) is 0 Å². The summed E-state index contributed by atoms with van der Waals surface area (Å²) >= 11 is 0. The first kappa shape index (κ1) is 31.9. The van der Waals surface area contributed by atoms with Crippen LogP contribution in [0.4, 0.5) is 37.7 Å². The fourth-order valence-electron chi connectivity index (χ4n) is 12.9. The molecule has 2 saturated carbocycles. The minimum Gasteiger partial charge on any atom is -0.348 e. The van der Waals surface area contributed by atoms with Crippen LogP contribution >= 0.6 is 0 Å². The van der Waals surface area contributed by atoms with Gasteiger partial charge in [0.1, 0.15) is 0 Å². The number of halogens is 6. The highest BCUT2D eigenvalue weighted by Gasteiger charge is 2.94. The lowest BCUT2D eigenvalue weighted by Gasteiger charge is -2.52. The number of hydrogen-bond acceptors (Lipinski definition) is 7. The molecule has 6 bridgehead atoms. The number of carbonyl (C=O) groups excluding carboxylic acids is 4. The number of rotatable bonds is 2. The molecule has 8 aliphatic rings. The van der Waals surface area contributed by atoms with E-state index >= 15 is 26.3 Å². The number of carbonyl (C=O) groups is 4. The van der Waals surface area contributed by atoms with E-state index in [0.29, 0.717) is 22.3 Å². The maximum absolute atomic E-state index is 16.1. The lowest BCUT2D eigenvalue weighted by molar-refractivity contribution is -0.327. The van der Waals surface area contributed by atoms with Crippen molar-refractivity contribution < 1.29 is 50.3 Å². The molecule has 0 spiro atoms. The molecule has 15 heteroatoms. The zero-order valence-electron chi connectivity index (χ0n) is 28.1. The second-order valence-corrected chi connectivity index (χ2v) is 16.1. The fraction of sp³-hybridized carbons (Fsp3) is 0.350. The number of amides is 4. The van der Waals surface area contributed by atoms with Crippen LogP contribution in [0, 0.1) is 23.7 Å². The number of anilines is 2. The van der Waals surface area contributed by atoms with Gasteiger partial charge in [0.2, 0.25) is 0 Å². The second-order valence-electron chi connectivity index (χ2n) is 16.1. The third-order valence-electron chi connectivity index (χ3n) is 14.3. The van der Waals surface area contributed by atoms with E-state index in [4.69, 9.17) is 4.74 Å². The van der Waals surface area contributed by atoms with Crippen molar-refractivity contribution in [2.24, 2.45) is 23.7 Å². The summed E-state index contributed by atoms with van der Waals surface area (Å²) in [7, 11) is 0. The quantitative estimate of drug-likeness (QED) is 0.159. The van der Waals surface area contributed by atoms with Crippen molar-refractivity contribution in [3.63, 3.8) is 0 Å². The normalized spacial score (nSPS) is 35.5. The third-order valence-corrected chi connectivity index (χ3v) is 14.3. The first-order valence-electron chi connectivity index (χ1n) is 18.0. The third kappa shape index (κ3) is 3.30. The summed E-state index contributed by atoms with van der Waals surface area (Å²) in [6, 6.07) is 11.7. The van der Waals surface area contributed by atoms with Crippen molar-refractivity contribution in [2.75, 3.05) is 9.80 Å². The topological polar surface area (TPSA) is 110 Å². The molecule has 6 heterocycles. The predicted molar refractivity (Wildman–Crippen MR) is 176 cm³/mol. The number of hydrogen-bond donors (Lipinski definition) is 0. The highest BCUT2D eigenvalue weighted by molar-refractivity contribution is 6.35. The Labute approximate surface area is 306 Å². The van der Waals surface area contributed by atoms with Gasteiger partial charge in [-0.25, -0.2) is 9.80 Å². The summed E-state index contributed by atoms with van der Waals surface area (Å²) in [5.74, 6) is -13.3. The van der Waals surface area contributed by atoms with E-state index in [1.807, 2.05) is 0 Å². The van der Waals surface area contributed by atoms with Gasteiger partial charge in [0, 0.05) is 36.1 Å². The lowest BCUT2D eigenvalue weighted by atomic mass is 9.49. The molecule has 12 rings (SSSR count). The van der Waals surface area contributed by atoms with Crippen LogP contribution in [0.25, 0.3) is 0 Å². The van der Waals surface area contributed by atoms with Crippen LogP contribution in [0.3, 0.4) is 0 Å². The number of fused-ring (bicyclic) bond motifs is 24. The molecular weight excluding hydrogens is 730 g/mol. The Kier molecular flexibility index (Phi) is 5.50. The number of ether oxygens (including phenoxy) is 1. The van der Waals surface area contributed by atoms with Crippen molar-refractivity contribution in [3.05, 3.63) is 118 Å². The van der Waals surface area contributed by atoms with E-state index in [1.165, 1.54) is 73.3 Å². The van der Waals surface area contributed by atoms with E-state index in [2.05, 4.69) is 9.97 Å². The van der Waals surface area contributed by atoms with Gasteiger partial charge >= 0.3 is 12.4 Å². The molecule has 8 unspecified atom stereocenters. The molecule has 4 amide bonds. The SMILES string of the molecule is O=C1c2cc3c(cc2C(=O)N1c1cccnc1)[C@H]1CC3C2C1C1(C(F)(F)F)OC2(C(F)(F)F)C2C3C[C@@H](c4cc5c(cc43)C(=O)N(c3cccnc3)C5=O)C21. The van der Waals surface area contributed by atoms with Gasteiger partial charge in [0.25, 0.3) is 23.6 Å². The van der Waals surface area contributed by atoms with Crippen LogP contribution < -0.4 is 9.80 Å². The number of aromatic nitrogens is 2. The molecule has 4 aromatic rings. The Balaban J connectivity index is 1.01. The molecule has 0 N–H and O–H groups in total. The first-order valence-corrected chi connectivity index (χ1v) is 18.0. The molecular formula is C40H24F6N4O5. The lowest BCUT2D eigenvalue weighted by Crippen LogP contribution is -2.62. The number of nitrogens with zero attached hydrogens (tertiary/aromatic N) is 4. The minimum absolute atomic E-state index is 0.00944. The summed E-state index contributed by atoms with van der Waals surface area (Å²) in [4.78, 5) is 64.3. The Bertz CT molecular complexity index is 2240. The molecule has 2 saturated heterocycles. The number of alkyl halides is 6. The largest absolute Gasteiger partial charge is 0.418 e. The van der Waals surface area contributed by atoms with Gasteiger partial charge < -0.3 is 4.74 Å². The van der Waals surface area contributed by atoms with E-state index in [-0.39, 0.29) is 46.5 Å². The van der Waals surface area contributed by atoms with Crippen LogP contribution in [0.15, 0.2) is 73.3 Å². The predicted octanol–water partition coefficient (Wildman–Crippen LogP) is 7.06. The summed E-state index contributed by atoms with van der Waals surface area (Å²) < 4.78 is 102. The van der Waals surface area contributed by atoms with Crippen LogP contribution in [0.1, 0.15) is 100 Å². The van der Waals surface area contributed by atoms with Gasteiger partial charge in [-0.15, -0.1) is 0 Å². The molecule has 4 fully saturated rings. The molecule has 276 valence electrons. The molecule has 2 aromatic carbocycles. The average Bonchev–Trinajstić information content (AvgIpc) is 4.02. The van der Waals surface area contributed by atoms with Crippen molar-refractivity contribution in [3.8, 4) is 0 Å². The summed E-state index contributed by atoms with van der Waals surface area (Å²) in [5.41, 5.74) is -4.71. The van der Waals surface area contributed by atoms with Crippen LogP contribution in [0.2, 0.25) is 0 Å². The van der Waals surface area contributed by atoms with Gasteiger partial charge in [-0.3, -0.25) is 29.1 Å². The first-order chi connectivity index (χ1) is 26.2. The smallest absolute Gasteiger partial charge is 0.348 e. The van der Waals surface area contributed by atoms with E-state index < -0.39 is 94.5 Å². The maximum atomic E-state index is 16.1. The van der Waals surface area contributed by atoms with Crippen molar-refractivity contribution in [2.45, 2.75) is 60.1 Å².